The van der Waals surface area contributed by atoms with Crippen LogP contribution in [-0.4, -0.2) is 20.9 Å². The van der Waals surface area contributed by atoms with Gasteiger partial charge in [0.1, 0.15) is 10.6 Å². The Morgan fingerprint density at radius 2 is 2.00 bits per heavy atom. The summed E-state index contributed by atoms with van der Waals surface area (Å²) in [5, 5.41) is 1.34. The molecule has 7 nitrogen and oxygen atoms in total. The number of esters is 1. The van der Waals surface area contributed by atoms with Gasteiger partial charge in [-0.2, -0.15) is 0 Å². The molecule has 1 aromatic carbocycles. The minimum atomic E-state index is -0.737. The van der Waals surface area contributed by atoms with Crippen molar-refractivity contribution < 1.29 is 13.9 Å². The van der Waals surface area contributed by atoms with Crippen molar-refractivity contribution in [2.24, 2.45) is 0 Å². The largest absolute Gasteiger partial charge is 0.465 e. The van der Waals surface area contributed by atoms with E-state index in [1.54, 1.807) is 13.2 Å². The average molecular weight is 498 g/mol. The summed E-state index contributed by atoms with van der Waals surface area (Å²) in [6, 6.07) is 11.3. The number of aromatic nitrogens is 3. The predicted octanol–water partition coefficient (Wildman–Crippen LogP) is 6.15. The molecule has 180 valence electrons. The Bertz CT molecular complexity index is 1740. The SMILES string of the molecule is Cc1sc2nc(C(C)OC(=O)c3c4c(nc5ccccc35)/C(=C/c3ccco3)CC4)[nH]c(=O)c2c1C. The number of H-pyrrole nitrogens is 1. The smallest absolute Gasteiger partial charge is 0.339 e. The molecule has 0 bridgehead atoms. The number of hydrogen-bond acceptors (Lipinski definition) is 7. The number of nitrogens with one attached hydrogen (secondary N) is 1. The number of aryl methyl sites for hydroxylation is 2. The molecule has 0 amide bonds. The van der Waals surface area contributed by atoms with E-state index in [2.05, 4.69) is 9.97 Å². The Morgan fingerprint density at radius 3 is 2.81 bits per heavy atom. The monoisotopic (exact) mass is 497 g/mol. The lowest BCUT2D eigenvalue weighted by Gasteiger charge is -2.16. The molecule has 6 rings (SSSR count). The lowest BCUT2D eigenvalue weighted by molar-refractivity contribution is 0.0321. The van der Waals surface area contributed by atoms with Gasteiger partial charge in [-0.15, -0.1) is 11.3 Å². The Hall–Kier alpha value is -4.04. The molecular formula is C28H23N3O4S. The number of benzene rings is 1. The van der Waals surface area contributed by atoms with Crippen LogP contribution >= 0.6 is 11.3 Å². The van der Waals surface area contributed by atoms with Crippen molar-refractivity contribution in [3.63, 3.8) is 0 Å². The van der Waals surface area contributed by atoms with Gasteiger partial charge >= 0.3 is 5.97 Å². The molecule has 1 unspecified atom stereocenters. The summed E-state index contributed by atoms with van der Waals surface area (Å²) >= 11 is 1.47. The van der Waals surface area contributed by atoms with Gasteiger partial charge in [-0.25, -0.2) is 14.8 Å². The van der Waals surface area contributed by atoms with E-state index in [1.165, 1.54) is 11.3 Å². The third-order valence-corrected chi connectivity index (χ3v) is 7.83. The number of furan rings is 1. The zero-order valence-corrected chi connectivity index (χ0v) is 20.9. The number of thiophene rings is 1. The first-order chi connectivity index (χ1) is 17.4. The maximum absolute atomic E-state index is 13.6. The zero-order chi connectivity index (χ0) is 25.0. The number of hydrogen-bond donors (Lipinski definition) is 1. The van der Waals surface area contributed by atoms with Crippen LogP contribution in [0, 0.1) is 13.8 Å². The van der Waals surface area contributed by atoms with Crippen LogP contribution in [0.1, 0.15) is 63.1 Å². The molecule has 1 aliphatic rings. The highest BCUT2D eigenvalue weighted by atomic mass is 32.1. The zero-order valence-electron chi connectivity index (χ0n) is 20.0. The van der Waals surface area contributed by atoms with Crippen LogP contribution in [0.25, 0.3) is 32.8 Å². The molecule has 0 fully saturated rings. The van der Waals surface area contributed by atoms with Gasteiger partial charge < -0.3 is 14.1 Å². The van der Waals surface area contributed by atoms with Crippen LogP contribution in [0.4, 0.5) is 0 Å². The van der Waals surface area contributed by atoms with E-state index in [0.717, 1.165) is 50.4 Å². The first-order valence-corrected chi connectivity index (χ1v) is 12.6. The van der Waals surface area contributed by atoms with Crippen LogP contribution in [0.15, 0.2) is 51.9 Å². The number of aromatic amines is 1. The second-order valence-electron chi connectivity index (χ2n) is 8.98. The minimum absolute atomic E-state index is 0.220. The Balaban J connectivity index is 1.40. The van der Waals surface area contributed by atoms with Crippen molar-refractivity contribution >= 4 is 50.1 Å². The Labute approximate surface area is 210 Å². The molecule has 4 heterocycles. The van der Waals surface area contributed by atoms with Crippen LogP contribution in [0.3, 0.4) is 0 Å². The third kappa shape index (κ3) is 3.65. The van der Waals surface area contributed by atoms with E-state index in [9.17, 15) is 9.59 Å². The highest BCUT2D eigenvalue weighted by Crippen LogP contribution is 2.38. The molecule has 0 spiro atoms. The summed E-state index contributed by atoms with van der Waals surface area (Å²) in [6.07, 6.45) is 4.29. The van der Waals surface area contributed by atoms with E-state index in [1.807, 2.05) is 56.3 Å². The van der Waals surface area contributed by atoms with Crippen molar-refractivity contribution in [3.05, 3.63) is 91.9 Å². The highest BCUT2D eigenvalue weighted by Gasteiger charge is 2.29. The Morgan fingerprint density at radius 1 is 1.17 bits per heavy atom. The number of nitrogens with zero attached hydrogens (tertiary/aromatic N) is 2. The van der Waals surface area contributed by atoms with Crippen molar-refractivity contribution in [2.75, 3.05) is 0 Å². The van der Waals surface area contributed by atoms with Gasteiger partial charge in [0.15, 0.2) is 11.9 Å². The number of carbonyl (C=O) groups excluding carboxylic acids is 1. The first-order valence-electron chi connectivity index (χ1n) is 11.8. The summed E-state index contributed by atoms with van der Waals surface area (Å²) in [5.74, 6) is 0.614. The minimum Gasteiger partial charge on any atom is -0.465 e. The summed E-state index contributed by atoms with van der Waals surface area (Å²) < 4.78 is 11.4. The summed E-state index contributed by atoms with van der Waals surface area (Å²) in [5.41, 5.74) is 4.62. The average Bonchev–Trinajstić information content (AvgIpc) is 3.58. The van der Waals surface area contributed by atoms with E-state index >= 15 is 0 Å². The molecule has 36 heavy (non-hydrogen) atoms. The molecule has 1 aliphatic carbocycles. The molecule has 0 saturated carbocycles. The van der Waals surface area contributed by atoms with Crippen molar-refractivity contribution in [2.45, 2.75) is 39.7 Å². The van der Waals surface area contributed by atoms with Crippen LogP contribution in [0.5, 0.6) is 0 Å². The number of rotatable bonds is 4. The second-order valence-corrected chi connectivity index (χ2v) is 10.2. The molecule has 1 atom stereocenters. The number of ether oxygens (including phenoxy) is 1. The van der Waals surface area contributed by atoms with Gasteiger partial charge in [0.05, 0.1) is 28.4 Å². The van der Waals surface area contributed by atoms with Gasteiger partial charge in [-0.3, -0.25) is 4.79 Å². The quantitative estimate of drug-likeness (QED) is 0.299. The molecular weight excluding hydrogens is 474 g/mol. The number of pyridine rings is 1. The van der Waals surface area contributed by atoms with Gasteiger partial charge in [0.25, 0.3) is 5.56 Å². The molecule has 1 N–H and O–H groups in total. The maximum Gasteiger partial charge on any atom is 0.339 e. The maximum atomic E-state index is 13.6. The topological polar surface area (TPSA) is 98.1 Å². The highest BCUT2D eigenvalue weighted by molar-refractivity contribution is 7.18. The number of fused-ring (bicyclic) bond motifs is 3. The summed E-state index contributed by atoms with van der Waals surface area (Å²) in [7, 11) is 0. The molecule has 8 heteroatoms. The van der Waals surface area contributed by atoms with Gasteiger partial charge in [-0.05, 0) is 74.6 Å². The number of para-hydroxylation sites is 1. The molecule has 5 aromatic rings. The van der Waals surface area contributed by atoms with Crippen LogP contribution < -0.4 is 5.56 Å². The van der Waals surface area contributed by atoms with E-state index in [-0.39, 0.29) is 5.56 Å². The van der Waals surface area contributed by atoms with Crippen LogP contribution in [0.2, 0.25) is 0 Å². The molecule has 0 radical (unpaired) electrons. The van der Waals surface area contributed by atoms with Crippen molar-refractivity contribution in [3.8, 4) is 0 Å². The van der Waals surface area contributed by atoms with Gasteiger partial charge in [-0.1, -0.05) is 18.2 Å². The Kier molecular flexibility index (Phi) is 5.34. The van der Waals surface area contributed by atoms with E-state index < -0.39 is 12.1 Å². The second kappa shape index (κ2) is 8.57. The molecule has 4 aromatic heterocycles. The molecule has 0 aliphatic heterocycles. The first kappa shape index (κ1) is 22.4. The summed E-state index contributed by atoms with van der Waals surface area (Å²) in [6.45, 7) is 5.60. The van der Waals surface area contributed by atoms with Gasteiger partial charge in [0, 0.05) is 10.3 Å². The number of allylic oxidation sites excluding steroid dienone is 1. The predicted molar refractivity (Wildman–Crippen MR) is 140 cm³/mol. The standard InChI is InChI=1S/C28H23N3O4S/c1-14-16(3)36-27-22(14)26(32)30-25(31-27)15(2)35-28(33)23-19-8-4-5-9-21(19)29-24-17(10-11-20(23)24)13-18-7-6-12-34-18/h4-9,12-13,15H,10-11H2,1-3H3,(H,30,31,32)/b17-13+. The normalized spacial score (nSPS) is 15.0. The fourth-order valence-electron chi connectivity index (χ4n) is 4.80. The lowest BCUT2D eigenvalue weighted by atomic mass is 10.0. The van der Waals surface area contributed by atoms with Gasteiger partial charge in [0.2, 0.25) is 0 Å². The number of carbonyl (C=O) groups is 1. The lowest BCUT2D eigenvalue weighted by Crippen LogP contribution is -2.18. The van der Waals surface area contributed by atoms with E-state index in [0.29, 0.717) is 28.0 Å². The fraction of sp³-hybridized carbons (Fsp3) is 0.214. The van der Waals surface area contributed by atoms with Crippen molar-refractivity contribution in [1.82, 2.24) is 15.0 Å². The van der Waals surface area contributed by atoms with E-state index in [4.69, 9.17) is 14.1 Å². The summed E-state index contributed by atoms with van der Waals surface area (Å²) in [4.78, 5) is 40.4. The fourth-order valence-corrected chi connectivity index (χ4v) is 5.83. The van der Waals surface area contributed by atoms with Crippen molar-refractivity contribution in [1.29, 1.82) is 0 Å². The third-order valence-electron chi connectivity index (χ3n) is 6.73. The molecule has 0 saturated heterocycles. The van der Waals surface area contributed by atoms with Crippen LogP contribution in [-0.2, 0) is 11.2 Å².